The molecule has 106 valence electrons. The van der Waals surface area contributed by atoms with Gasteiger partial charge >= 0.3 is 0 Å². The van der Waals surface area contributed by atoms with E-state index in [0.717, 1.165) is 16.8 Å². The summed E-state index contributed by atoms with van der Waals surface area (Å²) in [4.78, 5) is 0.309. The third-order valence-corrected chi connectivity index (χ3v) is 4.43. The minimum Gasteiger partial charge on any atom is -0.277 e. The van der Waals surface area contributed by atoms with Crippen LogP contribution in [0, 0.1) is 0 Å². The average molecular weight is 298 g/mol. The zero-order valence-corrected chi connectivity index (χ0v) is 12.3. The predicted octanol–water partition coefficient (Wildman–Crippen LogP) is 3.15. The van der Waals surface area contributed by atoms with Crippen LogP contribution < -0.4 is 0 Å². The number of H-pyrrole nitrogens is 1. The number of nitrogens with zero attached hydrogens (tertiary/aromatic N) is 1. The van der Waals surface area contributed by atoms with Gasteiger partial charge in [0.25, 0.3) is 0 Å². The van der Waals surface area contributed by atoms with Crippen molar-refractivity contribution in [3.8, 4) is 22.4 Å². The molecule has 4 nitrogen and oxygen atoms in total. The highest BCUT2D eigenvalue weighted by Crippen LogP contribution is 2.33. The van der Waals surface area contributed by atoms with Gasteiger partial charge in [-0.15, -0.1) is 0 Å². The summed E-state index contributed by atoms with van der Waals surface area (Å²) in [6.07, 6.45) is 2.88. The second-order valence-corrected chi connectivity index (χ2v) is 6.78. The van der Waals surface area contributed by atoms with Crippen LogP contribution in [0.2, 0.25) is 0 Å². The molecule has 21 heavy (non-hydrogen) atoms. The summed E-state index contributed by atoms with van der Waals surface area (Å²) < 4.78 is 23.9. The topological polar surface area (TPSA) is 62.8 Å². The summed E-state index contributed by atoms with van der Waals surface area (Å²) in [5.74, 6) is 0. The normalized spacial score (nSPS) is 11.5. The second-order valence-electron chi connectivity index (χ2n) is 4.79. The highest BCUT2D eigenvalue weighted by atomic mass is 32.2. The van der Waals surface area contributed by atoms with E-state index in [1.165, 1.54) is 6.26 Å². The van der Waals surface area contributed by atoms with Gasteiger partial charge in [0.05, 0.1) is 16.8 Å². The molecule has 0 aliphatic rings. The van der Waals surface area contributed by atoms with E-state index in [9.17, 15) is 8.42 Å². The largest absolute Gasteiger partial charge is 0.277 e. The molecular formula is C16H14N2O2S. The lowest BCUT2D eigenvalue weighted by atomic mass is 10.0. The molecule has 0 fully saturated rings. The van der Waals surface area contributed by atoms with Gasteiger partial charge in [-0.05, 0) is 6.07 Å². The molecule has 1 N–H and O–H groups in total. The van der Waals surface area contributed by atoms with Crippen molar-refractivity contribution in [2.24, 2.45) is 0 Å². The zero-order chi connectivity index (χ0) is 14.9. The van der Waals surface area contributed by atoms with Crippen molar-refractivity contribution in [3.05, 3.63) is 60.8 Å². The fraction of sp³-hybridized carbons (Fsp3) is 0.0625. The van der Waals surface area contributed by atoms with Gasteiger partial charge in [0.15, 0.2) is 9.84 Å². The number of nitrogens with one attached hydrogen (secondary N) is 1. The van der Waals surface area contributed by atoms with Gasteiger partial charge in [-0.25, -0.2) is 8.42 Å². The molecule has 5 heteroatoms. The number of aromatic amines is 1. The predicted molar refractivity (Wildman–Crippen MR) is 82.6 cm³/mol. The molecule has 0 unspecified atom stereocenters. The van der Waals surface area contributed by atoms with Gasteiger partial charge in [-0.2, -0.15) is 5.10 Å². The van der Waals surface area contributed by atoms with Crippen molar-refractivity contribution >= 4 is 9.84 Å². The zero-order valence-electron chi connectivity index (χ0n) is 11.4. The van der Waals surface area contributed by atoms with Crippen LogP contribution in [0.15, 0.2) is 65.7 Å². The molecule has 3 aromatic rings. The fourth-order valence-corrected chi connectivity index (χ4v) is 3.23. The number of rotatable bonds is 3. The van der Waals surface area contributed by atoms with E-state index < -0.39 is 9.84 Å². The Balaban J connectivity index is 2.23. The van der Waals surface area contributed by atoms with E-state index in [1.54, 1.807) is 24.4 Å². The standard InChI is InChI=1S/C16H14N2O2S/c1-21(19,20)15-10-6-5-9-13(15)14-11-17-18-16(14)12-7-3-2-4-8-12/h2-11H,1H3,(H,17,18). The van der Waals surface area contributed by atoms with Crippen molar-refractivity contribution in [2.45, 2.75) is 4.90 Å². The Labute approximate surface area is 123 Å². The van der Waals surface area contributed by atoms with Crippen LogP contribution in [0.25, 0.3) is 22.4 Å². The first-order valence-electron chi connectivity index (χ1n) is 6.45. The van der Waals surface area contributed by atoms with Crippen LogP contribution in [0.5, 0.6) is 0 Å². The Morgan fingerprint density at radius 3 is 2.29 bits per heavy atom. The first-order chi connectivity index (χ1) is 10.1. The van der Waals surface area contributed by atoms with Gasteiger partial charge < -0.3 is 0 Å². The van der Waals surface area contributed by atoms with Crippen LogP contribution in [-0.4, -0.2) is 24.9 Å². The molecule has 0 spiro atoms. The molecule has 3 rings (SSSR count). The lowest BCUT2D eigenvalue weighted by molar-refractivity contribution is 0.602. The van der Waals surface area contributed by atoms with Gasteiger partial charge in [0.1, 0.15) is 0 Å². The van der Waals surface area contributed by atoms with Crippen molar-refractivity contribution in [2.75, 3.05) is 6.26 Å². The SMILES string of the molecule is CS(=O)(=O)c1ccccc1-c1cn[nH]c1-c1ccccc1. The minimum absolute atomic E-state index is 0.309. The smallest absolute Gasteiger partial charge is 0.176 e. The molecule has 0 saturated heterocycles. The van der Waals surface area contributed by atoms with Crippen molar-refractivity contribution < 1.29 is 8.42 Å². The summed E-state index contributed by atoms with van der Waals surface area (Å²) >= 11 is 0. The van der Waals surface area contributed by atoms with Gasteiger partial charge in [-0.3, -0.25) is 5.10 Å². The van der Waals surface area contributed by atoms with Gasteiger partial charge in [0, 0.05) is 22.9 Å². The van der Waals surface area contributed by atoms with Gasteiger partial charge in [0.2, 0.25) is 0 Å². The van der Waals surface area contributed by atoms with E-state index >= 15 is 0 Å². The molecule has 0 radical (unpaired) electrons. The van der Waals surface area contributed by atoms with Crippen molar-refractivity contribution in [1.82, 2.24) is 10.2 Å². The monoisotopic (exact) mass is 298 g/mol. The van der Waals surface area contributed by atoms with E-state index in [0.29, 0.717) is 10.5 Å². The Hall–Kier alpha value is -2.40. The lowest BCUT2D eigenvalue weighted by Crippen LogP contribution is -1.99. The maximum absolute atomic E-state index is 12.0. The molecule has 0 saturated carbocycles. The first kappa shape index (κ1) is 13.6. The Morgan fingerprint density at radius 2 is 1.57 bits per heavy atom. The molecule has 1 aromatic heterocycles. The number of aromatic nitrogens is 2. The maximum Gasteiger partial charge on any atom is 0.176 e. The van der Waals surface area contributed by atoms with Crippen LogP contribution >= 0.6 is 0 Å². The minimum atomic E-state index is -3.30. The maximum atomic E-state index is 12.0. The lowest BCUT2D eigenvalue weighted by Gasteiger charge is -2.08. The summed E-state index contributed by atoms with van der Waals surface area (Å²) in [6.45, 7) is 0. The molecule has 2 aromatic carbocycles. The summed E-state index contributed by atoms with van der Waals surface area (Å²) in [7, 11) is -3.30. The Morgan fingerprint density at radius 1 is 0.905 bits per heavy atom. The van der Waals surface area contributed by atoms with E-state index in [2.05, 4.69) is 10.2 Å². The third-order valence-electron chi connectivity index (χ3n) is 3.28. The summed E-state index contributed by atoms with van der Waals surface area (Å²) in [6, 6.07) is 16.7. The second kappa shape index (κ2) is 5.18. The fourth-order valence-electron chi connectivity index (χ4n) is 2.33. The molecule has 1 heterocycles. The quantitative estimate of drug-likeness (QED) is 0.808. The first-order valence-corrected chi connectivity index (χ1v) is 8.35. The third kappa shape index (κ3) is 2.60. The van der Waals surface area contributed by atoms with Crippen molar-refractivity contribution in [3.63, 3.8) is 0 Å². The Bertz CT molecular complexity index is 868. The highest BCUT2D eigenvalue weighted by molar-refractivity contribution is 7.90. The van der Waals surface area contributed by atoms with Crippen LogP contribution in [0.4, 0.5) is 0 Å². The van der Waals surface area contributed by atoms with Crippen molar-refractivity contribution in [1.29, 1.82) is 0 Å². The van der Waals surface area contributed by atoms with E-state index in [1.807, 2.05) is 36.4 Å². The number of hydrogen-bond acceptors (Lipinski definition) is 3. The average Bonchev–Trinajstić information content (AvgIpc) is 2.96. The van der Waals surface area contributed by atoms with Crippen LogP contribution in [-0.2, 0) is 9.84 Å². The highest BCUT2D eigenvalue weighted by Gasteiger charge is 2.18. The molecule has 0 atom stereocenters. The number of sulfone groups is 1. The van der Waals surface area contributed by atoms with E-state index in [4.69, 9.17) is 0 Å². The molecule has 0 aliphatic carbocycles. The molecular weight excluding hydrogens is 284 g/mol. The summed E-state index contributed by atoms with van der Waals surface area (Å²) in [5.41, 5.74) is 3.22. The Kier molecular flexibility index (Phi) is 3.35. The molecule has 0 bridgehead atoms. The van der Waals surface area contributed by atoms with Crippen LogP contribution in [0.1, 0.15) is 0 Å². The summed E-state index contributed by atoms with van der Waals surface area (Å²) in [5, 5.41) is 7.03. The van der Waals surface area contributed by atoms with E-state index in [-0.39, 0.29) is 0 Å². The molecule has 0 aliphatic heterocycles. The number of hydrogen-bond donors (Lipinski definition) is 1. The van der Waals surface area contributed by atoms with Gasteiger partial charge in [-0.1, -0.05) is 48.5 Å². The molecule has 0 amide bonds. The van der Waals surface area contributed by atoms with Crippen LogP contribution in [0.3, 0.4) is 0 Å². The number of benzene rings is 2.